The molecule has 1 aromatic carbocycles. The molecule has 1 atom stereocenters. The van der Waals surface area contributed by atoms with Gasteiger partial charge in [0.1, 0.15) is 10.8 Å². The van der Waals surface area contributed by atoms with Crippen molar-refractivity contribution in [3.63, 3.8) is 0 Å². The zero-order valence-electron chi connectivity index (χ0n) is 14.6. The number of anilines is 1. The van der Waals surface area contributed by atoms with Crippen molar-refractivity contribution < 1.29 is 19.1 Å². The summed E-state index contributed by atoms with van der Waals surface area (Å²) in [5.74, 6) is 0.459. The maximum atomic E-state index is 12.3. The van der Waals surface area contributed by atoms with E-state index >= 15 is 0 Å². The van der Waals surface area contributed by atoms with Crippen LogP contribution in [0, 0.1) is 5.92 Å². The molecule has 0 radical (unpaired) electrons. The monoisotopic (exact) mass is 437 g/mol. The molecule has 1 aliphatic rings. The van der Waals surface area contributed by atoms with Crippen LogP contribution in [0.4, 0.5) is 5.00 Å². The quantitative estimate of drug-likeness (QED) is 0.702. The van der Waals surface area contributed by atoms with Gasteiger partial charge in [-0.1, -0.05) is 19.1 Å². The van der Waals surface area contributed by atoms with Gasteiger partial charge in [0.2, 0.25) is 0 Å². The highest BCUT2D eigenvalue weighted by molar-refractivity contribution is 9.10. The summed E-state index contributed by atoms with van der Waals surface area (Å²) in [5, 5.41) is 3.38. The lowest BCUT2D eigenvalue weighted by Crippen LogP contribution is -2.21. The van der Waals surface area contributed by atoms with E-state index in [4.69, 9.17) is 9.47 Å². The van der Waals surface area contributed by atoms with Crippen LogP contribution >= 0.6 is 27.3 Å². The van der Waals surface area contributed by atoms with Crippen LogP contribution in [0.1, 0.15) is 34.1 Å². The normalized spacial score (nSPS) is 15.9. The first-order chi connectivity index (χ1) is 12.5. The summed E-state index contributed by atoms with van der Waals surface area (Å²) in [4.78, 5) is 25.7. The lowest BCUT2D eigenvalue weighted by molar-refractivity contribution is -0.118. The Balaban J connectivity index is 1.75. The Morgan fingerprint density at radius 2 is 2.12 bits per heavy atom. The molecule has 1 amide bonds. The van der Waals surface area contributed by atoms with E-state index in [1.54, 1.807) is 6.07 Å². The predicted molar refractivity (Wildman–Crippen MR) is 105 cm³/mol. The van der Waals surface area contributed by atoms with Crippen LogP contribution in [-0.4, -0.2) is 25.6 Å². The number of halogens is 1. The molecule has 0 saturated heterocycles. The van der Waals surface area contributed by atoms with Crippen molar-refractivity contribution in [2.45, 2.75) is 26.2 Å². The minimum absolute atomic E-state index is 0.137. The Labute approximate surface area is 164 Å². The number of carbonyl (C=O) groups excluding carboxylic acids is 2. The minimum Gasteiger partial charge on any atom is -0.483 e. The van der Waals surface area contributed by atoms with Gasteiger partial charge < -0.3 is 14.8 Å². The van der Waals surface area contributed by atoms with Gasteiger partial charge in [-0.05, 0) is 58.8 Å². The largest absolute Gasteiger partial charge is 0.483 e. The van der Waals surface area contributed by atoms with Gasteiger partial charge >= 0.3 is 5.97 Å². The summed E-state index contributed by atoms with van der Waals surface area (Å²) in [6.45, 7) is 2.06. The molecule has 1 aliphatic carbocycles. The number of rotatable bonds is 5. The Kier molecular flexibility index (Phi) is 5.98. The zero-order chi connectivity index (χ0) is 18.7. The van der Waals surface area contributed by atoms with E-state index < -0.39 is 5.97 Å². The Hall–Kier alpha value is -1.86. The Morgan fingerprint density at radius 3 is 2.85 bits per heavy atom. The SMILES string of the molecule is COC(=O)c1c(NC(=O)COc2ccccc2Br)sc2c1CC[C@H](C)C2. The van der Waals surface area contributed by atoms with Crippen molar-refractivity contribution in [2.24, 2.45) is 5.92 Å². The summed E-state index contributed by atoms with van der Waals surface area (Å²) in [6.07, 6.45) is 2.79. The second-order valence-electron chi connectivity index (χ2n) is 6.31. The molecule has 1 N–H and O–H groups in total. The van der Waals surface area contributed by atoms with Gasteiger partial charge in [0.15, 0.2) is 6.61 Å². The van der Waals surface area contributed by atoms with E-state index in [-0.39, 0.29) is 12.5 Å². The molecule has 0 spiro atoms. The third-order valence-electron chi connectivity index (χ3n) is 4.35. The third-order valence-corrected chi connectivity index (χ3v) is 6.17. The highest BCUT2D eigenvalue weighted by Crippen LogP contribution is 2.40. The van der Waals surface area contributed by atoms with Gasteiger partial charge in [-0.3, -0.25) is 4.79 Å². The first kappa shape index (κ1) is 18.9. The molecular formula is C19H20BrNO4S. The number of para-hydroxylation sites is 1. The molecule has 0 aliphatic heterocycles. The fourth-order valence-corrected chi connectivity index (χ4v) is 4.84. The zero-order valence-corrected chi connectivity index (χ0v) is 17.0. The van der Waals surface area contributed by atoms with E-state index in [2.05, 4.69) is 28.2 Å². The van der Waals surface area contributed by atoms with E-state index in [0.717, 1.165) is 34.2 Å². The van der Waals surface area contributed by atoms with Crippen LogP contribution < -0.4 is 10.1 Å². The number of hydrogen-bond donors (Lipinski definition) is 1. The first-order valence-electron chi connectivity index (χ1n) is 8.39. The summed E-state index contributed by atoms with van der Waals surface area (Å²) >= 11 is 4.85. The van der Waals surface area contributed by atoms with Crippen LogP contribution in [0.3, 0.4) is 0 Å². The van der Waals surface area contributed by atoms with Gasteiger partial charge in [0, 0.05) is 4.88 Å². The van der Waals surface area contributed by atoms with Gasteiger partial charge in [-0.25, -0.2) is 4.79 Å². The van der Waals surface area contributed by atoms with Gasteiger partial charge in [-0.2, -0.15) is 0 Å². The fraction of sp³-hybridized carbons (Fsp3) is 0.368. The van der Waals surface area contributed by atoms with Crippen LogP contribution in [-0.2, 0) is 22.4 Å². The molecule has 7 heteroatoms. The topological polar surface area (TPSA) is 64.6 Å². The van der Waals surface area contributed by atoms with Crippen molar-refractivity contribution in [2.75, 3.05) is 19.0 Å². The summed E-state index contributed by atoms with van der Waals surface area (Å²) in [6, 6.07) is 7.33. The van der Waals surface area contributed by atoms with Gasteiger partial charge in [0.05, 0.1) is 17.1 Å². The molecular weight excluding hydrogens is 418 g/mol. The lowest BCUT2D eigenvalue weighted by Gasteiger charge is -2.18. The molecule has 1 aromatic heterocycles. The molecule has 5 nitrogen and oxygen atoms in total. The lowest BCUT2D eigenvalue weighted by atomic mass is 9.88. The highest BCUT2D eigenvalue weighted by Gasteiger charge is 2.28. The van der Waals surface area contributed by atoms with Crippen molar-refractivity contribution >= 4 is 44.1 Å². The number of amides is 1. The molecule has 0 unspecified atom stereocenters. The fourth-order valence-electron chi connectivity index (χ4n) is 3.02. The van der Waals surface area contributed by atoms with Crippen molar-refractivity contribution in [1.29, 1.82) is 0 Å². The Morgan fingerprint density at radius 1 is 1.35 bits per heavy atom. The Bertz CT molecular complexity index is 833. The van der Waals surface area contributed by atoms with E-state index in [9.17, 15) is 9.59 Å². The average Bonchev–Trinajstić information content (AvgIpc) is 2.97. The van der Waals surface area contributed by atoms with Crippen LogP contribution in [0.25, 0.3) is 0 Å². The van der Waals surface area contributed by atoms with Gasteiger partial charge in [0.25, 0.3) is 5.91 Å². The van der Waals surface area contributed by atoms with Crippen molar-refractivity contribution in [1.82, 2.24) is 0 Å². The second kappa shape index (κ2) is 8.22. The number of ether oxygens (including phenoxy) is 2. The predicted octanol–water partition coefficient (Wildman–Crippen LogP) is 4.44. The van der Waals surface area contributed by atoms with Crippen LogP contribution in [0.5, 0.6) is 5.75 Å². The number of methoxy groups -OCH3 is 1. The summed E-state index contributed by atoms with van der Waals surface area (Å²) in [5.41, 5.74) is 1.51. The molecule has 0 fully saturated rings. The molecule has 0 saturated carbocycles. The molecule has 0 bridgehead atoms. The summed E-state index contributed by atoms with van der Waals surface area (Å²) in [7, 11) is 1.36. The van der Waals surface area contributed by atoms with E-state index in [1.165, 1.54) is 18.4 Å². The number of nitrogens with one attached hydrogen (secondary N) is 1. The van der Waals surface area contributed by atoms with Crippen LogP contribution in [0.15, 0.2) is 28.7 Å². The standard InChI is InChI=1S/C19H20BrNO4S/c1-11-7-8-12-15(9-11)26-18(17(12)19(23)24-2)21-16(22)10-25-14-6-4-3-5-13(14)20/h3-6,11H,7-10H2,1-2H3,(H,21,22)/t11-/m0/s1. The first-order valence-corrected chi connectivity index (χ1v) is 10.0. The number of esters is 1. The van der Waals surface area contributed by atoms with Crippen molar-refractivity contribution in [3.8, 4) is 5.75 Å². The van der Waals surface area contributed by atoms with E-state index in [1.807, 2.05) is 18.2 Å². The van der Waals surface area contributed by atoms with E-state index in [0.29, 0.717) is 22.2 Å². The maximum absolute atomic E-state index is 12.3. The summed E-state index contributed by atoms with van der Waals surface area (Å²) < 4.78 is 11.3. The number of thiophene rings is 1. The molecule has 26 heavy (non-hydrogen) atoms. The number of fused-ring (bicyclic) bond motifs is 1. The molecule has 3 rings (SSSR count). The average molecular weight is 438 g/mol. The van der Waals surface area contributed by atoms with Crippen molar-refractivity contribution in [3.05, 3.63) is 44.7 Å². The number of benzene rings is 1. The third kappa shape index (κ3) is 4.10. The van der Waals surface area contributed by atoms with Gasteiger partial charge in [-0.15, -0.1) is 11.3 Å². The smallest absolute Gasteiger partial charge is 0.341 e. The molecule has 1 heterocycles. The van der Waals surface area contributed by atoms with Crippen LogP contribution in [0.2, 0.25) is 0 Å². The highest BCUT2D eigenvalue weighted by atomic mass is 79.9. The number of hydrogen-bond acceptors (Lipinski definition) is 5. The number of carbonyl (C=O) groups is 2. The minimum atomic E-state index is -0.404. The molecule has 138 valence electrons. The molecule has 2 aromatic rings. The maximum Gasteiger partial charge on any atom is 0.341 e. The second-order valence-corrected chi connectivity index (χ2v) is 8.27.